The zero-order valence-corrected chi connectivity index (χ0v) is 8.96. The minimum Gasteiger partial charge on any atom is -0.196 e. The molecule has 0 heterocycles. The van der Waals surface area contributed by atoms with Crippen LogP contribution in [0.3, 0.4) is 0 Å². The fourth-order valence-electron chi connectivity index (χ4n) is 0.760. The third kappa shape index (κ3) is 4.97. The van der Waals surface area contributed by atoms with Crippen molar-refractivity contribution < 1.29 is 22.0 Å². The highest BCUT2D eigenvalue weighted by atomic mass is 127. The highest BCUT2D eigenvalue weighted by molar-refractivity contribution is 14.1. The number of alkyl halides is 6. The summed E-state index contributed by atoms with van der Waals surface area (Å²) in [5.74, 6) is -4.52. The van der Waals surface area contributed by atoms with Gasteiger partial charge in [-0.15, -0.1) is 0 Å². The molecule has 0 rings (SSSR count). The predicted molar refractivity (Wildman–Crippen MR) is 48.4 cm³/mol. The largest absolute Gasteiger partial charge is 0.453 e. The average molecular weight is 316 g/mol. The number of halogens is 6. The second-order valence-electron chi connectivity index (χ2n) is 2.70. The quantitative estimate of drug-likeness (QED) is 0.309. The van der Waals surface area contributed by atoms with Crippen molar-refractivity contribution in [1.82, 2.24) is 0 Å². The molecule has 0 amide bonds. The number of hydrogen-bond donors (Lipinski definition) is 0. The highest BCUT2D eigenvalue weighted by Gasteiger charge is 2.56. The van der Waals surface area contributed by atoms with E-state index >= 15 is 0 Å². The summed E-state index contributed by atoms with van der Waals surface area (Å²) in [4.78, 5) is 0. The zero-order chi connectivity index (χ0) is 10.5. The van der Waals surface area contributed by atoms with Gasteiger partial charge in [-0.2, -0.15) is 22.0 Å². The van der Waals surface area contributed by atoms with Crippen molar-refractivity contribution >= 4 is 22.6 Å². The van der Waals surface area contributed by atoms with Crippen LogP contribution in [0.1, 0.15) is 25.7 Å². The van der Waals surface area contributed by atoms with Gasteiger partial charge < -0.3 is 0 Å². The number of rotatable bonds is 5. The molecular weight excluding hydrogens is 306 g/mol. The number of unbranched alkanes of at least 4 members (excludes halogenated alkanes) is 2. The Morgan fingerprint density at radius 2 is 1.38 bits per heavy atom. The van der Waals surface area contributed by atoms with E-state index in [4.69, 9.17) is 0 Å². The first-order chi connectivity index (χ1) is 5.81. The summed E-state index contributed by atoms with van der Waals surface area (Å²) >= 11 is 2.05. The van der Waals surface area contributed by atoms with Crippen LogP contribution in [-0.4, -0.2) is 16.5 Å². The topological polar surface area (TPSA) is 0 Å². The van der Waals surface area contributed by atoms with E-state index in [9.17, 15) is 22.0 Å². The first-order valence-corrected chi connectivity index (χ1v) is 5.34. The lowest BCUT2D eigenvalue weighted by Crippen LogP contribution is -2.36. The summed E-state index contributed by atoms with van der Waals surface area (Å²) in [7, 11) is 0. The van der Waals surface area contributed by atoms with Crippen molar-refractivity contribution in [3.05, 3.63) is 0 Å². The summed E-state index contributed by atoms with van der Waals surface area (Å²) in [6, 6.07) is 0. The molecule has 0 spiro atoms. The molecule has 0 aromatic carbocycles. The molecule has 0 saturated carbocycles. The standard InChI is InChI=1S/C7H10F5I/c8-6(9,7(10,11)12)4-2-1-3-5-13/h1-5H2. The Bertz CT molecular complexity index is 142. The van der Waals surface area contributed by atoms with Crippen molar-refractivity contribution in [2.45, 2.75) is 37.8 Å². The van der Waals surface area contributed by atoms with Gasteiger partial charge in [-0.3, -0.25) is 0 Å². The van der Waals surface area contributed by atoms with Gasteiger partial charge in [-0.05, 0) is 17.3 Å². The van der Waals surface area contributed by atoms with Crippen molar-refractivity contribution in [3.63, 3.8) is 0 Å². The predicted octanol–water partition coefficient (Wildman–Crippen LogP) is 4.18. The highest BCUT2D eigenvalue weighted by Crippen LogP contribution is 2.39. The molecule has 0 aromatic heterocycles. The molecule has 0 aliphatic rings. The van der Waals surface area contributed by atoms with Crippen LogP contribution in [0.5, 0.6) is 0 Å². The third-order valence-electron chi connectivity index (χ3n) is 1.54. The minimum atomic E-state index is -5.39. The van der Waals surface area contributed by atoms with Crippen LogP contribution in [0, 0.1) is 0 Å². The van der Waals surface area contributed by atoms with Gasteiger partial charge in [0.15, 0.2) is 0 Å². The van der Waals surface area contributed by atoms with Gasteiger partial charge in [0.1, 0.15) is 0 Å². The Morgan fingerprint density at radius 1 is 0.846 bits per heavy atom. The second-order valence-corrected chi connectivity index (χ2v) is 3.78. The summed E-state index contributed by atoms with van der Waals surface area (Å²) in [5, 5.41) is 0. The van der Waals surface area contributed by atoms with Crippen LogP contribution in [0.4, 0.5) is 22.0 Å². The summed E-state index contributed by atoms with van der Waals surface area (Å²) < 4.78 is 60.0. The Hall–Kier alpha value is 0.380. The van der Waals surface area contributed by atoms with Gasteiger partial charge in [-0.1, -0.05) is 29.0 Å². The van der Waals surface area contributed by atoms with Gasteiger partial charge in [0.2, 0.25) is 0 Å². The van der Waals surface area contributed by atoms with Crippen molar-refractivity contribution in [1.29, 1.82) is 0 Å². The fourth-order valence-corrected chi connectivity index (χ4v) is 1.30. The average Bonchev–Trinajstić information content (AvgIpc) is 1.96. The Balaban J connectivity index is 3.77. The third-order valence-corrected chi connectivity index (χ3v) is 2.30. The van der Waals surface area contributed by atoms with Crippen LogP contribution in [-0.2, 0) is 0 Å². The first-order valence-electron chi connectivity index (χ1n) is 3.82. The second kappa shape index (κ2) is 5.31. The molecular formula is C7H10F5I. The molecule has 0 atom stereocenters. The van der Waals surface area contributed by atoms with Crippen LogP contribution in [0.25, 0.3) is 0 Å². The molecule has 13 heavy (non-hydrogen) atoms. The lowest BCUT2D eigenvalue weighted by atomic mass is 10.1. The fraction of sp³-hybridized carbons (Fsp3) is 1.00. The maximum atomic E-state index is 12.2. The van der Waals surface area contributed by atoms with Gasteiger partial charge in [-0.25, -0.2) is 0 Å². The normalized spacial score (nSPS) is 13.4. The molecule has 80 valence electrons. The maximum absolute atomic E-state index is 12.2. The van der Waals surface area contributed by atoms with Crippen LogP contribution in [0.15, 0.2) is 0 Å². The molecule has 0 fully saturated rings. The zero-order valence-electron chi connectivity index (χ0n) is 6.80. The molecule has 0 nitrogen and oxygen atoms in total. The van der Waals surface area contributed by atoms with E-state index < -0.39 is 18.5 Å². The van der Waals surface area contributed by atoms with Crippen LogP contribution >= 0.6 is 22.6 Å². The van der Waals surface area contributed by atoms with E-state index in [1.807, 2.05) is 0 Å². The van der Waals surface area contributed by atoms with E-state index in [2.05, 4.69) is 22.6 Å². The summed E-state index contributed by atoms with van der Waals surface area (Å²) in [6.07, 6.45) is -5.44. The molecule has 0 bridgehead atoms. The molecule has 0 saturated heterocycles. The SMILES string of the molecule is FC(F)(F)C(F)(F)CCCCCI. The van der Waals surface area contributed by atoms with E-state index in [0.29, 0.717) is 12.8 Å². The van der Waals surface area contributed by atoms with Crippen LogP contribution < -0.4 is 0 Å². The molecule has 0 radical (unpaired) electrons. The smallest absolute Gasteiger partial charge is 0.196 e. The molecule has 6 heteroatoms. The maximum Gasteiger partial charge on any atom is 0.453 e. The van der Waals surface area contributed by atoms with E-state index in [1.54, 1.807) is 0 Å². The van der Waals surface area contributed by atoms with Gasteiger partial charge in [0, 0.05) is 6.42 Å². The van der Waals surface area contributed by atoms with Crippen molar-refractivity contribution in [2.24, 2.45) is 0 Å². The van der Waals surface area contributed by atoms with Crippen molar-refractivity contribution in [3.8, 4) is 0 Å². The van der Waals surface area contributed by atoms with Gasteiger partial charge >= 0.3 is 12.1 Å². The summed E-state index contributed by atoms with van der Waals surface area (Å²) in [5.41, 5.74) is 0. The molecule has 0 aliphatic carbocycles. The number of hydrogen-bond acceptors (Lipinski definition) is 0. The van der Waals surface area contributed by atoms with Crippen LogP contribution in [0.2, 0.25) is 0 Å². The summed E-state index contributed by atoms with van der Waals surface area (Å²) in [6.45, 7) is 0. The molecule has 0 aromatic rings. The Labute approximate surface area is 87.0 Å². The van der Waals surface area contributed by atoms with Gasteiger partial charge in [0.05, 0.1) is 0 Å². The van der Waals surface area contributed by atoms with Gasteiger partial charge in [0.25, 0.3) is 0 Å². The van der Waals surface area contributed by atoms with E-state index in [-0.39, 0.29) is 6.42 Å². The van der Waals surface area contributed by atoms with E-state index in [1.165, 1.54) is 0 Å². The Kier molecular flexibility index (Phi) is 5.46. The molecule has 0 unspecified atom stereocenters. The molecule has 0 aliphatic heterocycles. The minimum absolute atomic E-state index is 0.0739. The first kappa shape index (κ1) is 13.4. The Morgan fingerprint density at radius 3 is 1.77 bits per heavy atom. The van der Waals surface area contributed by atoms with Crippen molar-refractivity contribution in [2.75, 3.05) is 4.43 Å². The monoisotopic (exact) mass is 316 g/mol. The lowest BCUT2D eigenvalue weighted by molar-refractivity contribution is -0.284. The van der Waals surface area contributed by atoms with E-state index in [0.717, 1.165) is 4.43 Å². The molecule has 0 N–H and O–H groups in total. The lowest BCUT2D eigenvalue weighted by Gasteiger charge is -2.18.